The van der Waals surface area contributed by atoms with Gasteiger partial charge in [-0.2, -0.15) is 0 Å². The highest BCUT2D eigenvalue weighted by Gasteiger charge is 1.92. The van der Waals surface area contributed by atoms with Gasteiger partial charge in [0.05, 0.1) is 9.68 Å². The molecule has 0 saturated carbocycles. The molecule has 0 aromatic heterocycles. The fraction of sp³-hybridized carbons (Fsp3) is 0.500. The fourth-order valence-electron chi connectivity index (χ4n) is 1.53. The molecule has 2 nitrogen and oxygen atoms in total. The second-order valence-electron chi connectivity index (χ2n) is 3.72. The minimum Gasteiger partial charge on any atom is -0.331 e. The molecule has 0 radical (unpaired) electrons. The van der Waals surface area contributed by atoms with E-state index >= 15 is 0 Å². The first kappa shape index (κ1) is 12.4. The third kappa shape index (κ3) is 6.44. The van der Waals surface area contributed by atoms with Crippen molar-refractivity contribution in [2.45, 2.75) is 25.8 Å². The quantitative estimate of drug-likeness (QED) is 0.393. The maximum absolute atomic E-state index is 3.50. The van der Waals surface area contributed by atoms with E-state index in [0.29, 0.717) is 0 Å². The molecule has 2 N–H and O–H groups in total. The predicted molar refractivity (Wildman–Crippen MR) is 69.8 cm³/mol. The van der Waals surface area contributed by atoms with Gasteiger partial charge in [-0.25, -0.2) is 0 Å². The van der Waals surface area contributed by atoms with Crippen molar-refractivity contribution in [1.82, 2.24) is 10.3 Å². The molecule has 0 aliphatic heterocycles. The van der Waals surface area contributed by atoms with E-state index in [1.165, 1.54) is 24.4 Å². The van der Waals surface area contributed by atoms with Crippen LogP contribution in [0.4, 0.5) is 0 Å². The lowest BCUT2D eigenvalue weighted by atomic mass is 10.1. The maximum Gasteiger partial charge on any atom is 0.0930 e. The summed E-state index contributed by atoms with van der Waals surface area (Å²) in [5.41, 5.74) is 1.47. The van der Waals surface area contributed by atoms with Crippen LogP contribution in [0.5, 0.6) is 0 Å². The summed E-state index contributed by atoms with van der Waals surface area (Å²) in [6.07, 6.45) is 2.56. The van der Waals surface area contributed by atoms with Crippen LogP contribution in [0, 0.1) is 0 Å². The summed E-state index contributed by atoms with van der Waals surface area (Å²) in [6.45, 7) is 4.19. The minimum atomic E-state index is -0.0374. The van der Waals surface area contributed by atoms with Crippen molar-refractivity contribution in [3.8, 4) is 0 Å². The highest BCUT2D eigenvalue weighted by atomic mass is 28.2. The third-order valence-corrected chi connectivity index (χ3v) is 3.87. The smallest absolute Gasteiger partial charge is 0.0930 e. The zero-order valence-electron chi connectivity index (χ0n) is 9.63. The Labute approximate surface area is 95.4 Å². The van der Waals surface area contributed by atoms with Crippen molar-refractivity contribution in [3.05, 3.63) is 35.9 Å². The molecule has 0 amide bonds. The maximum atomic E-state index is 3.50. The molecule has 0 saturated heterocycles. The van der Waals surface area contributed by atoms with E-state index in [1.54, 1.807) is 0 Å². The Morgan fingerprint density at radius 2 is 2.00 bits per heavy atom. The van der Waals surface area contributed by atoms with Crippen molar-refractivity contribution < 1.29 is 0 Å². The Morgan fingerprint density at radius 1 is 1.20 bits per heavy atom. The lowest BCUT2D eigenvalue weighted by Gasteiger charge is -2.04. The highest BCUT2D eigenvalue weighted by Crippen LogP contribution is 2.03. The van der Waals surface area contributed by atoms with Crippen molar-refractivity contribution in [2.24, 2.45) is 0 Å². The molecule has 0 aliphatic rings. The van der Waals surface area contributed by atoms with Gasteiger partial charge in [-0.15, -0.1) is 0 Å². The van der Waals surface area contributed by atoms with Gasteiger partial charge in [0.25, 0.3) is 0 Å². The van der Waals surface area contributed by atoms with Crippen LogP contribution in [0.3, 0.4) is 0 Å². The SMILES string of the molecule is CCNCN[SiH2]CCCc1ccccc1. The van der Waals surface area contributed by atoms with Crippen molar-refractivity contribution in [1.29, 1.82) is 0 Å². The van der Waals surface area contributed by atoms with E-state index < -0.39 is 0 Å². The van der Waals surface area contributed by atoms with Gasteiger partial charge in [-0.1, -0.05) is 43.7 Å². The molecule has 0 fully saturated rings. The van der Waals surface area contributed by atoms with Crippen LogP contribution in [0.25, 0.3) is 0 Å². The van der Waals surface area contributed by atoms with E-state index in [-0.39, 0.29) is 9.68 Å². The first-order valence-corrected chi connectivity index (χ1v) is 7.59. The summed E-state index contributed by atoms with van der Waals surface area (Å²) >= 11 is 0. The second-order valence-corrected chi connectivity index (χ2v) is 5.43. The number of hydrogen-bond acceptors (Lipinski definition) is 2. The molecule has 0 heterocycles. The third-order valence-electron chi connectivity index (χ3n) is 2.41. The highest BCUT2D eigenvalue weighted by molar-refractivity contribution is 6.31. The number of aryl methyl sites for hydroxylation is 1. The van der Waals surface area contributed by atoms with Gasteiger partial charge < -0.3 is 10.3 Å². The molecule has 0 atom stereocenters. The molecular weight excluding hydrogens is 200 g/mol. The molecule has 0 spiro atoms. The van der Waals surface area contributed by atoms with Crippen LogP contribution < -0.4 is 10.3 Å². The Hall–Kier alpha value is -0.643. The van der Waals surface area contributed by atoms with Crippen LogP contribution in [-0.4, -0.2) is 22.9 Å². The van der Waals surface area contributed by atoms with E-state index in [4.69, 9.17) is 0 Å². The Bertz CT molecular complexity index is 239. The summed E-state index contributed by atoms with van der Waals surface area (Å²) in [6, 6.07) is 12.1. The first-order chi connectivity index (χ1) is 7.43. The average molecular weight is 222 g/mol. The number of hydrogen-bond donors (Lipinski definition) is 2. The lowest BCUT2D eigenvalue weighted by molar-refractivity contribution is 0.700. The Morgan fingerprint density at radius 3 is 2.73 bits per heavy atom. The second kappa shape index (κ2) is 8.65. The van der Waals surface area contributed by atoms with Gasteiger partial charge in [0.15, 0.2) is 0 Å². The zero-order valence-corrected chi connectivity index (χ0v) is 11.0. The fourth-order valence-corrected chi connectivity index (χ4v) is 2.63. The topological polar surface area (TPSA) is 24.1 Å². The molecule has 0 aliphatic carbocycles. The van der Waals surface area contributed by atoms with E-state index in [1.807, 2.05) is 0 Å². The molecule has 3 heteroatoms. The van der Waals surface area contributed by atoms with Gasteiger partial charge in [0.2, 0.25) is 0 Å². The van der Waals surface area contributed by atoms with Crippen molar-refractivity contribution in [2.75, 3.05) is 13.2 Å². The van der Waals surface area contributed by atoms with Crippen LogP contribution in [-0.2, 0) is 6.42 Å². The minimum absolute atomic E-state index is 0.0374. The van der Waals surface area contributed by atoms with Crippen LogP contribution in [0.1, 0.15) is 18.9 Å². The molecule has 1 aromatic rings. The molecular formula is C12H22N2Si. The first-order valence-electron chi connectivity index (χ1n) is 5.89. The summed E-state index contributed by atoms with van der Waals surface area (Å²) in [7, 11) is -0.0374. The molecule has 1 aromatic carbocycles. The lowest BCUT2D eigenvalue weighted by Crippen LogP contribution is -2.31. The van der Waals surface area contributed by atoms with E-state index in [2.05, 4.69) is 47.6 Å². The van der Waals surface area contributed by atoms with Crippen LogP contribution in [0.2, 0.25) is 6.04 Å². The number of nitrogens with one attached hydrogen (secondary N) is 2. The Balaban J connectivity index is 1.93. The zero-order chi connectivity index (χ0) is 10.8. The predicted octanol–water partition coefficient (Wildman–Crippen LogP) is 1.28. The summed E-state index contributed by atoms with van der Waals surface area (Å²) in [4.78, 5) is 3.50. The van der Waals surface area contributed by atoms with Gasteiger partial charge in [0.1, 0.15) is 0 Å². The van der Waals surface area contributed by atoms with E-state index in [0.717, 1.165) is 13.2 Å². The van der Waals surface area contributed by atoms with Gasteiger partial charge in [-0.3, -0.25) is 0 Å². The van der Waals surface area contributed by atoms with Crippen LogP contribution in [0.15, 0.2) is 30.3 Å². The number of rotatable bonds is 8. The van der Waals surface area contributed by atoms with Crippen molar-refractivity contribution in [3.63, 3.8) is 0 Å². The Kier molecular flexibility index (Phi) is 7.16. The number of benzene rings is 1. The normalized spacial score (nSPS) is 11.3. The van der Waals surface area contributed by atoms with Gasteiger partial charge in [0, 0.05) is 6.67 Å². The summed E-state index contributed by atoms with van der Waals surface area (Å²) < 4.78 is 0. The van der Waals surface area contributed by atoms with Gasteiger partial charge in [-0.05, 0) is 24.6 Å². The summed E-state index contributed by atoms with van der Waals surface area (Å²) in [5, 5.41) is 3.28. The van der Waals surface area contributed by atoms with Crippen molar-refractivity contribution >= 4 is 9.68 Å². The standard InChI is InChI=1S/C12H22N2Si/c1-2-13-11-14-15-10-6-9-12-7-4-3-5-8-12/h3-5,7-8,13-14H,2,6,9-11,15H2,1H3. The van der Waals surface area contributed by atoms with Gasteiger partial charge >= 0.3 is 0 Å². The molecule has 15 heavy (non-hydrogen) atoms. The monoisotopic (exact) mass is 222 g/mol. The molecule has 0 unspecified atom stereocenters. The largest absolute Gasteiger partial charge is 0.331 e. The van der Waals surface area contributed by atoms with E-state index in [9.17, 15) is 0 Å². The average Bonchev–Trinajstić information content (AvgIpc) is 2.29. The van der Waals surface area contributed by atoms with Crippen LogP contribution >= 0.6 is 0 Å². The molecule has 1 rings (SSSR count). The molecule has 0 bridgehead atoms. The summed E-state index contributed by atoms with van der Waals surface area (Å²) in [5.74, 6) is 0. The molecule has 84 valence electrons.